The maximum atomic E-state index is 14.4. The van der Waals surface area contributed by atoms with E-state index in [1.165, 1.54) is 17.0 Å². The number of hydrogen-bond acceptors (Lipinski definition) is 7. The Morgan fingerprint density at radius 3 is 2.58 bits per heavy atom. The molecule has 3 aromatic rings. The highest BCUT2D eigenvalue weighted by molar-refractivity contribution is 7.91. The Kier molecular flexibility index (Phi) is 11.5. The standard InChI is InChI=1S/C41H53FN4O6S/c1-5-7-8-9-10-11-14-30-25-41(30,38(49)44-53(50,51)40(4)19-20-40)26-36(47)35-24-32(52-39-43-33-15-12-13-16-34(33)45(39)6-2)27-46(35)37(48)18-17-29-21-28(3)22-31(42)23-29/h11-16,21-23,30,32,35H,5-10,17-20,24-27H2,1-4H3,(H,44,49)/b14-11-/t30-,32-,35+,41-/m1/s1. The van der Waals surface area contributed by atoms with Gasteiger partial charge < -0.3 is 9.64 Å². The largest absolute Gasteiger partial charge is 0.459 e. The third-order valence-corrected chi connectivity index (χ3v) is 13.6. The van der Waals surface area contributed by atoms with Crippen LogP contribution < -0.4 is 9.46 Å². The molecule has 1 saturated heterocycles. The second-order valence-corrected chi connectivity index (χ2v) is 17.8. The van der Waals surface area contributed by atoms with Crippen LogP contribution in [-0.4, -0.2) is 63.9 Å². The monoisotopic (exact) mass is 748 g/mol. The van der Waals surface area contributed by atoms with E-state index in [1.807, 2.05) is 54.0 Å². The van der Waals surface area contributed by atoms with Crippen molar-refractivity contribution in [3.05, 3.63) is 71.6 Å². The Bertz CT molecular complexity index is 1970. The molecule has 286 valence electrons. The van der Waals surface area contributed by atoms with E-state index in [2.05, 4.69) is 11.6 Å². The Morgan fingerprint density at radius 1 is 1.09 bits per heavy atom. The van der Waals surface area contributed by atoms with Crippen molar-refractivity contribution in [3.63, 3.8) is 0 Å². The van der Waals surface area contributed by atoms with Crippen molar-refractivity contribution in [2.24, 2.45) is 11.3 Å². The first-order valence-electron chi connectivity index (χ1n) is 19.2. The van der Waals surface area contributed by atoms with E-state index < -0.39 is 38.2 Å². The van der Waals surface area contributed by atoms with Crippen molar-refractivity contribution < 1.29 is 31.9 Å². The van der Waals surface area contributed by atoms with Crippen LogP contribution in [0.1, 0.15) is 103 Å². The average Bonchev–Trinajstić information content (AvgIpc) is 3.94. The topological polar surface area (TPSA) is 128 Å². The summed E-state index contributed by atoms with van der Waals surface area (Å²) in [6.07, 6.45) is 10.3. The highest BCUT2D eigenvalue weighted by atomic mass is 32.2. The minimum atomic E-state index is -3.92. The minimum Gasteiger partial charge on any atom is -0.459 e. The first kappa shape index (κ1) is 38.7. The van der Waals surface area contributed by atoms with Crippen LogP contribution in [0.3, 0.4) is 0 Å². The summed E-state index contributed by atoms with van der Waals surface area (Å²) >= 11 is 0. The zero-order valence-electron chi connectivity index (χ0n) is 31.4. The summed E-state index contributed by atoms with van der Waals surface area (Å²) in [6.45, 7) is 8.31. The number of benzene rings is 2. The van der Waals surface area contributed by atoms with Gasteiger partial charge in [-0.2, -0.15) is 4.98 Å². The number of nitrogens with one attached hydrogen (secondary N) is 1. The third kappa shape index (κ3) is 8.53. The third-order valence-electron chi connectivity index (χ3n) is 11.4. The van der Waals surface area contributed by atoms with Crippen LogP contribution in [0.5, 0.6) is 6.01 Å². The van der Waals surface area contributed by atoms with Crippen LogP contribution >= 0.6 is 0 Å². The van der Waals surface area contributed by atoms with Gasteiger partial charge in [0.2, 0.25) is 21.8 Å². The number of carbonyl (C=O) groups excluding carboxylic acids is 3. The quantitative estimate of drug-likeness (QED) is 0.110. The van der Waals surface area contributed by atoms with Gasteiger partial charge in [0.05, 0.1) is 33.8 Å². The maximum Gasteiger partial charge on any atom is 0.297 e. The van der Waals surface area contributed by atoms with Gasteiger partial charge in [0, 0.05) is 25.8 Å². The number of rotatable bonds is 18. The number of nitrogens with zero attached hydrogens (tertiary/aromatic N) is 3. The number of allylic oxidation sites excluding steroid dienone is 2. The molecule has 12 heteroatoms. The van der Waals surface area contributed by atoms with E-state index in [0.717, 1.165) is 48.7 Å². The SMILES string of the molecule is CCCCCC/C=C\[C@@H]1C[C@]1(CC(=O)[C@@H]1C[C@@H](Oc2nc3ccccc3n2CC)CN1C(=O)CCc1cc(C)cc(F)c1)C(=O)NS(=O)(=O)C1(C)CC1. The van der Waals surface area contributed by atoms with Crippen LogP contribution in [0, 0.1) is 24.1 Å². The maximum absolute atomic E-state index is 14.4. The number of halogens is 1. The molecule has 1 aromatic heterocycles. The first-order chi connectivity index (χ1) is 25.3. The molecule has 3 fully saturated rings. The van der Waals surface area contributed by atoms with Gasteiger partial charge in [-0.25, -0.2) is 12.8 Å². The second-order valence-electron chi connectivity index (χ2n) is 15.6. The number of ether oxygens (including phenoxy) is 1. The molecule has 53 heavy (non-hydrogen) atoms. The van der Waals surface area contributed by atoms with Crippen molar-refractivity contribution in [2.45, 2.75) is 128 Å². The zero-order valence-corrected chi connectivity index (χ0v) is 32.2. The molecule has 2 heterocycles. The van der Waals surface area contributed by atoms with Crippen molar-refractivity contribution in [3.8, 4) is 6.01 Å². The fraction of sp³-hybridized carbons (Fsp3) is 0.561. The van der Waals surface area contributed by atoms with Crippen LogP contribution in [0.4, 0.5) is 4.39 Å². The molecule has 4 atom stereocenters. The number of amides is 2. The van der Waals surface area contributed by atoms with Crippen LogP contribution in [0.2, 0.25) is 0 Å². The molecule has 10 nitrogen and oxygen atoms in total. The van der Waals surface area contributed by atoms with E-state index >= 15 is 0 Å². The molecule has 1 aliphatic heterocycles. The van der Waals surface area contributed by atoms with Gasteiger partial charge in [-0.3, -0.25) is 23.7 Å². The van der Waals surface area contributed by atoms with Gasteiger partial charge in [0.25, 0.3) is 6.01 Å². The summed E-state index contributed by atoms with van der Waals surface area (Å²) in [5, 5.41) is 0. The molecular formula is C41H53FN4O6S. The van der Waals surface area contributed by atoms with Crippen LogP contribution in [0.15, 0.2) is 54.6 Å². The van der Waals surface area contributed by atoms with E-state index in [9.17, 15) is 27.2 Å². The molecule has 0 spiro atoms. The molecule has 2 aromatic carbocycles. The number of likely N-dealkylation sites (tertiary alicyclic amines) is 1. The molecule has 6 rings (SSSR count). The molecule has 0 radical (unpaired) electrons. The van der Waals surface area contributed by atoms with E-state index in [0.29, 0.717) is 43.8 Å². The highest BCUT2D eigenvalue weighted by Crippen LogP contribution is 2.57. The van der Waals surface area contributed by atoms with Gasteiger partial charge in [-0.15, -0.1) is 0 Å². The fourth-order valence-electron chi connectivity index (χ4n) is 7.71. The van der Waals surface area contributed by atoms with Crippen molar-refractivity contribution in [1.29, 1.82) is 0 Å². The van der Waals surface area contributed by atoms with Crippen molar-refractivity contribution >= 4 is 38.7 Å². The molecule has 2 saturated carbocycles. The summed E-state index contributed by atoms with van der Waals surface area (Å²) in [6, 6.07) is 11.9. The van der Waals surface area contributed by atoms with Gasteiger partial charge in [-0.1, -0.05) is 56.5 Å². The van der Waals surface area contributed by atoms with Crippen LogP contribution in [0.25, 0.3) is 11.0 Å². The number of sulfonamides is 1. The Balaban J connectivity index is 1.23. The number of carbonyl (C=O) groups is 3. The van der Waals surface area contributed by atoms with E-state index in [4.69, 9.17) is 9.72 Å². The summed E-state index contributed by atoms with van der Waals surface area (Å²) in [4.78, 5) is 48.5. The summed E-state index contributed by atoms with van der Waals surface area (Å²) < 4.78 is 50.3. The molecule has 2 aliphatic carbocycles. The summed E-state index contributed by atoms with van der Waals surface area (Å²) in [7, 11) is -3.92. The molecular weight excluding hydrogens is 696 g/mol. The Hall–Kier alpha value is -4.06. The number of hydrogen-bond donors (Lipinski definition) is 1. The Morgan fingerprint density at radius 2 is 1.87 bits per heavy atom. The lowest BCUT2D eigenvalue weighted by Crippen LogP contribution is -2.46. The normalized spacial score (nSPS) is 23.4. The summed E-state index contributed by atoms with van der Waals surface area (Å²) in [5.74, 6) is -1.90. The van der Waals surface area contributed by atoms with Gasteiger partial charge >= 0.3 is 0 Å². The van der Waals surface area contributed by atoms with Gasteiger partial charge in [0.15, 0.2) is 5.78 Å². The predicted molar refractivity (Wildman–Crippen MR) is 202 cm³/mol. The highest BCUT2D eigenvalue weighted by Gasteiger charge is 2.62. The van der Waals surface area contributed by atoms with Gasteiger partial charge in [-0.05, 0) is 101 Å². The average molecular weight is 749 g/mol. The number of Topliss-reactive ketones (excluding diaryl/α,β-unsaturated/α-hetero) is 1. The first-order valence-corrected chi connectivity index (χ1v) is 20.7. The Labute approximate surface area is 312 Å². The number of aromatic nitrogens is 2. The number of ketones is 1. The molecule has 0 unspecified atom stereocenters. The van der Waals surface area contributed by atoms with E-state index in [-0.39, 0.29) is 49.2 Å². The van der Waals surface area contributed by atoms with E-state index in [1.54, 1.807) is 13.8 Å². The number of para-hydroxylation sites is 2. The van der Waals surface area contributed by atoms with Crippen molar-refractivity contribution in [2.75, 3.05) is 6.54 Å². The molecule has 3 aliphatic rings. The van der Waals surface area contributed by atoms with Gasteiger partial charge in [0.1, 0.15) is 11.9 Å². The lowest BCUT2D eigenvalue weighted by atomic mass is 9.91. The lowest BCUT2D eigenvalue weighted by molar-refractivity contribution is -0.139. The predicted octanol–water partition coefficient (Wildman–Crippen LogP) is 6.98. The number of fused-ring (bicyclic) bond motifs is 1. The van der Waals surface area contributed by atoms with Crippen LogP contribution in [-0.2, 0) is 37.4 Å². The minimum absolute atomic E-state index is 0.0543. The zero-order chi connectivity index (χ0) is 38.0. The molecule has 2 amide bonds. The fourth-order valence-corrected chi connectivity index (χ4v) is 9.05. The smallest absolute Gasteiger partial charge is 0.297 e. The molecule has 1 N–H and O–H groups in total. The summed E-state index contributed by atoms with van der Waals surface area (Å²) in [5.41, 5.74) is 1.90. The van der Waals surface area contributed by atoms with Crippen molar-refractivity contribution in [1.82, 2.24) is 19.2 Å². The number of imidazole rings is 1. The molecule has 0 bridgehead atoms. The lowest BCUT2D eigenvalue weighted by Gasteiger charge is -2.25. The second kappa shape index (κ2) is 15.7. The number of aryl methyl sites for hydroxylation is 3. The number of unbranched alkanes of at least 4 members (excludes halogenated alkanes) is 4.